The third-order valence-corrected chi connectivity index (χ3v) is 4.34. The first-order chi connectivity index (χ1) is 9.50. The second kappa shape index (κ2) is 6.57. The molecular weight excluding hydrogens is 254 g/mol. The largest absolute Gasteiger partial charge is 0.383 e. The normalized spacial score (nSPS) is 23.8. The van der Waals surface area contributed by atoms with E-state index in [0.717, 1.165) is 11.7 Å². The van der Waals surface area contributed by atoms with Crippen molar-refractivity contribution >= 4 is 6.01 Å². The van der Waals surface area contributed by atoms with Crippen LogP contribution in [0, 0.1) is 11.3 Å². The molecule has 0 unspecified atom stereocenters. The van der Waals surface area contributed by atoms with E-state index >= 15 is 0 Å². The minimum absolute atomic E-state index is 0.412. The lowest BCUT2D eigenvalue weighted by atomic mass is 9.70. The van der Waals surface area contributed by atoms with Crippen LogP contribution in [0.3, 0.4) is 0 Å². The summed E-state index contributed by atoms with van der Waals surface area (Å²) in [4.78, 5) is 4.45. The van der Waals surface area contributed by atoms with Crippen LogP contribution in [0.1, 0.15) is 58.2 Å². The molecule has 1 saturated carbocycles. The lowest BCUT2D eigenvalue weighted by molar-refractivity contribution is 0.166. The molecule has 1 N–H and O–H groups in total. The van der Waals surface area contributed by atoms with E-state index in [0.29, 0.717) is 30.5 Å². The van der Waals surface area contributed by atoms with Gasteiger partial charge in [0.25, 0.3) is 0 Å². The molecule has 1 aromatic rings. The number of nitrogens with zero attached hydrogens (tertiary/aromatic N) is 2. The van der Waals surface area contributed by atoms with Crippen LogP contribution in [0.25, 0.3) is 0 Å². The SMILES string of the molecule is COCCNc1nc(C2CCC(C(C)(C)C)CC2)no1. The fourth-order valence-corrected chi connectivity index (χ4v) is 2.95. The summed E-state index contributed by atoms with van der Waals surface area (Å²) < 4.78 is 10.2. The molecule has 0 atom stereocenters. The number of nitrogens with one attached hydrogen (secondary N) is 1. The van der Waals surface area contributed by atoms with Crippen LogP contribution in [-0.2, 0) is 4.74 Å². The van der Waals surface area contributed by atoms with Gasteiger partial charge in [0.2, 0.25) is 0 Å². The van der Waals surface area contributed by atoms with E-state index in [4.69, 9.17) is 9.26 Å². The molecule has 0 bridgehead atoms. The summed E-state index contributed by atoms with van der Waals surface area (Å²) in [6.07, 6.45) is 4.85. The molecular formula is C15H27N3O2. The molecule has 5 heteroatoms. The summed E-state index contributed by atoms with van der Waals surface area (Å²) in [6, 6.07) is 0.509. The molecule has 0 spiro atoms. The molecule has 0 aromatic carbocycles. The van der Waals surface area contributed by atoms with Crippen molar-refractivity contribution in [2.75, 3.05) is 25.6 Å². The van der Waals surface area contributed by atoms with E-state index < -0.39 is 0 Å². The highest BCUT2D eigenvalue weighted by Crippen LogP contribution is 2.42. The lowest BCUT2D eigenvalue weighted by Gasteiger charge is -2.36. The number of rotatable bonds is 5. The van der Waals surface area contributed by atoms with E-state index in [1.54, 1.807) is 7.11 Å². The molecule has 0 saturated heterocycles. The molecule has 20 heavy (non-hydrogen) atoms. The number of hydrogen-bond acceptors (Lipinski definition) is 5. The van der Waals surface area contributed by atoms with Crippen LogP contribution in [0.15, 0.2) is 4.52 Å². The van der Waals surface area contributed by atoms with Crippen LogP contribution in [-0.4, -0.2) is 30.4 Å². The average molecular weight is 281 g/mol. The third-order valence-electron chi connectivity index (χ3n) is 4.34. The van der Waals surface area contributed by atoms with Gasteiger partial charge in [0.05, 0.1) is 6.61 Å². The first-order valence-electron chi connectivity index (χ1n) is 7.57. The second-order valence-electron chi connectivity index (χ2n) is 6.79. The van der Waals surface area contributed by atoms with Gasteiger partial charge in [-0.3, -0.25) is 0 Å². The summed E-state index contributed by atoms with van der Waals surface area (Å²) >= 11 is 0. The Bertz CT molecular complexity index is 403. The van der Waals surface area contributed by atoms with Crippen molar-refractivity contribution in [1.29, 1.82) is 0 Å². The van der Waals surface area contributed by atoms with Crippen molar-refractivity contribution in [3.05, 3.63) is 5.82 Å². The van der Waals surface area contributed by atoms with Gasteiger partial charge < -0.3 is 14.6 Å². The highest BCUT2D eigenvalue weighted by molar-refractivity contribution is 5.19. The van der Waals surface area contributed by atoms with Gasteiger partial charge in [-0.25, -0.2) is 0 Å². The number of methoxy groups -OCH3 is 1. The number of aromatic nitrogens is 2. The molecule has 1 aliphatic rings. The van der Waals surface area contributed by atoms with Crippen molar-refractivity contribution < 1.29 is 9.26 Å². The maximum Gasteiger partial charge on any atom is 0.321 e. The average Bonchev–Trinajstić information content (AvgIpc) is 2.87. The molecule has 1 aromatic heterocycles. The zero-order valence-corrected chi connectivity index (χ0v) is 13.1. The van der Waals surface area contributed by atoms with Gasteiger partial charge in [-0.2, -0.15) is 4.98 Å². The molecule has 2 rings (SSSR count). The van der Waals surface area contributed by atoms with E-state index in [1.807, 2.05) is 0 Å². The van der Waals surface area contributed by atoms with Gasteiger partial charge >= 0.3 is 6.01 Å². The zero-order chi connectivity index (χ0) is 14.6. The van der Waals surface area contributed by atoms with Crippen LogP contribution < -0.4 is 5.32 Å². The quantitative estimate of drug-likeness (QED) is 0.838. The van der Waals surface area contributed by atoms with Crippen LogP contribution in [0.2, 0.25) is 0 Å². The Morgan fingerprint density at radius 2 is 1.95 bits per heavy atom. The fraction of sp³-hybridized carbons (Fsp3) is 0.867. The Balaban J connectivity index is 1.84. The number of ether oxygens (including phenoxy) is 1. The molecule has 114 valence electrons. The Labute approximate surface area is 121 Å². The lowest BCUT2D eigenvalue weighted by Crippen LogP contribution is -2.25. The first-order valence-corrected chi connectivity index (χ1v) is 7.57. The first kappa shape index (κ1) is 15.3. The summed E-state index contributed by atoms with van der Waals surface area (Å²) in [7, 11) is 1.68. The Kier molecular flexibility index (Phi) is 5.02. The van der Waals surface area contributed by atoms with Crippen LogP contribution in [0.4, 0.5) is 6.01 Å². The van der Waals surface area contributed by atoms with Crippen LogP contribution in [0.5, 0.6) is 0 Å². The van der Waals surface area contributed by atoms with Crippen molar-refractivity contribution in [3.8, 4) is 0 Å². The van der Waals surface area contributed by atoms with Crippen molar-refractivity contribution in [2.45, 2.75) is 52.4 Å². The van der Waals surface area contributed by atoms with Gasteiger partial charge in [-0.1, -0.05) is 25.9 Å². The molecule has 1 heterocycles. The number of hydrogen-bond donors (Lipinski definition) is 1. The van der Waals surface area contributed by atoms with Gasteiger partial charge in [0.1, 0.15) is 0 Å². The molecule has 0 amide bonds. The van der Waals surface area contributed by atoms with Gasteiger partial charge in [-0.05, 0) is 37.0 Å². The molecule has 0 radical (unpaired) electrons. The van der Waals surface area contributed by atoms with Crippen molar-refractivity contribution in [1.82, 2.24) is 10.1 Å². The van der Waals surface area contributed by atoms with Crippen molar-refractivity contribution in [2.24, 2.45) is 11.3 Å². The Hall–Kier alpha value is -1.10. The van der Waals surface area contributed by atoms with E-state index in [-0.39, 0.29) is 0 Å². The summed E-state index contributed by atoms with van der Waals surface area (Å²) in [6.45, 7) is 8.34. The molecule has 1 aliphatic carbocycles. The van der Waals surface area contributed by atoms with E-state index in [9.17, 15) is 0 Å². The zero-order valence-electron chi connectivity index (χ0n) is 13.1. The number of anilines is 1. The minimum Gasteiger partial charge on any atom is -0.383 e. The van der Waals surface area contributed by atoms with Crippen LogP contribution >= 0.6 is 0 Å². The maximum absolute atomic E-state index is 5.23. The Morgan fingerprint density at radius 1 is 1.25 bits per heavy atom. The topological polar surface area (TPSA) is 60.2 Å². The minimum atomic E-state index is 0.412. The van der Waals surface area contributed by atoms with Gasteiger partial charge in [0, 0.05) is 19.6 Å². The highest BCUT2D eigenvalue weighted by Gasteiger charge is 2.31. The third kappa shape index (κ3) is 3.95. The van der Waals surface area contributed by atoms with Gasteiger partial charge in [0.15, 0.2) is 5.82 Å². The highest BCUT2D eigenvalue weighted by atomic mass is 16.5. The summed E-state index contributed by atoms with van der Waals surface area (Å²) in [5.74, 6) is 2.12. The predicted octanol–water partition coefficient (Wildman–Crippen LogP) is 3.45. The molecule has 5 nitrogen and oxygen atoms in total. The molecule has 0 aliphatic heterocycles. The predicted molar refractivity (Wildman–Crippen MR) is 78.8 cm³/mol. The summed E-state index contributed by atoms with van der Waals surface area (Å²) in [5, 5.41) is 7.19. The maximum atomic E-state index is 5.23. The summed E-state index contributed by atoms with van der Waals surface area (Å²) in [5.41, 5.74) is 0.412. The van der Waals surface area contributed by atoms with E-state index in [1.165, 1.54) is 25.7 Å². The molecule has 1 fully saturated rings. The smallest absolute Gasteiger partial charge is 0.321 e. The van der Waals surface area contributed by atoms with Gasteiger partial charge in [-0.15, -0.1) is 0 Å². The van der Waals surface area contributed by atoms with E-state index in [2.05, 4.69) is 36.2 Å². The monoisotopic (exact) mass is 281 g/mol. The fourth-order valence-electron chi connectivity index (χ4n) is 2.95. The van der Waals surface area contributed by atoms with Crippen molar-refractivity contribution in [3.63, 3.8) is 0 Å². The Morgan fingerprint density at radius 3 is 2.55 bits per heavy atom. The second-order valence-corrected chi connectivity index (χ2v) is 6.79. The standard InChI is InChI=1S/C15H27N3O2/c1-15(2,3)12-7-5-11(6-8-12)13-17-14(20-18-13)16-9-10-19-4/h11-12H,5-10H2,1-4H3,(H,16,17,18).